The molecule has 1 heterocycles. The van der Waals surface area contributed by atoms with Gasteiger partial charge in [0.05, 0.1) is 12.1 Å². The Morgan fingerprint density at radius 2 is 1.76 bits per heavy atom. The van der Waals surface area contributed by atoms with Crippen molar-refractivity contribution in [1.82, 2.24) is 9.80 Å². The van der Waals surface area contributed by atoms with Crippen molar-refractivity contribution < 1.29 is 28.2 Å². The Labute approximate surface area is 217 Å². The summed E-state index contributed by atoms with van der Waals surface area (Å²) < 4.78 is 33.1. The molecule has 2 aromatic rings. The number of piperazine rings is 1. The maximum Gasteiger partial charge on any atom is 0.411 e. The Hall–Kier alpha value is -3.04. The maximum atomic E-state index is 13.8. The van der Waals surface area contributed by atoms with Crippen molar-refractivity contribution in [3.63, 3.8) is 0 Å². The fourth-order valence-electron chi connectivity index (χ4n) is 4.72. The van der Waals surface area contributed by atoms with Gasteiger partial charge in [-0.05, 0) is 56.9 Å². The third-order valence-electron chi connectivity index (χ3n) is 6.29. The van der Waals surface area contributed by atoms with Crippen LogP contribution in [0.3, 0.4) is 0 Å². The molecule has 0 radical (unpaired) electrons. The van der Waals surface area contributed by atoms with E-state index in [4.69, 9.17) is 10.5 Å². The van der Waals surface area contributed by atoms with Crippen molar-refractivity contribution >= 4 is 12.0 Å². The Morgan fingerprint density at radius 1 is 1.14 bits per heavy atom. The lowest BCUT2D eigenvalue weighted by Gasteiger charge is -2.48. The van der Waals surface area contributed by atoms with Crippen molar-refractivity contribution in [2.45, 2.75) is 83.3 Å². The number of halogens is 2. The van der Waals surface area contributed by atoms with Gasteiger partial charge in [-0.3, -0.25) is 9.69 Å². The summed E-state index contributed by atoms with van der Waals surface area (Å²) in [5.74, 6) is -1.99. The van der Waals surface area contributed by atoms with E-state index in [0.29, 0.717) is 13.0 Å². The lowest BCUT2D eigenvalue weighted by Crippen LogP contribution is -2.69. The lowest BCUT2D eigenvalue weighted by molar-refractivity contribution is -0.152. The number of rotatable bonds is 8. The van der Waals surface area contributed by atoms with Crippen LogP contribution in [0.1, 0.15) is 51.7 Å². The summed E-state index contributed by atoms with van der Waals surface area (Å²) in [6.45, 7) is 7.72. The minimum absolute atomic E-state index is 0.0983. The van der Waals surface area contributed by atoms with E-state index < -0.39 is 53.5 Å². The van der Waals surface area contributed by atoms with Crippen molar-refractivity contribution in [1.29, 1.82) is 0 Å². The van der Waals surface area contributed by atoms with Crippen LogP contribution in [0.4, 0.5) is 13.6 Å². The molecule has 2 amide bonds. The van der Waals surface area contributed by atoms with Gasteiger partial charge in [-0.25, -0.2) is 13.6 Å². The molecule has 3 rings (SSSR count). The largest absolute Gasteiger partial charge is 0.444 e. The monoisotopic (exact) mass is 517 g/mol. The van der Waals surface area contributed by atoms with Gasteiger partial charge in [-0.1, -0.05) is 43.7 Å². The Bertz CT molecular complexity index is 1060. The summed E-state index contributed by atoms with van der Waals surface area (Å²) in [6.07, 6.45) is -1.02. The molecule has 1 aliphatic heterocycles. The molecule has 1 fully saturated rings. The van der Waals surface area contributed by atoms with Gasteiger partial charge < -0.3 is 20.5 Å². The number of carbonyl (C=O) groups excluding carboxylic acids is 2. The second-order valence-electron chi connectivity index (χ2n) is 10.6. The van der Waals surface area contributed by atoms with Crippen molar-refractivity contribution in [3.05, 3.63) is 71.3 Å². The Kier molecular flexibility index (Phi) is 9.26. The third-order valence-corrected chi connectivity index (χ3v) is 6.29. The first-order chi connectivity index (χ1) is 17.4. The number of amides is 2. The minimum atomic E-state index is -1.51. The lowest BCUT2D eigenvalue weighted by atomic mass is 9.91. The van der Waals surface area contributed by atoms with Crippen molar-refractivity contribution in [2.24, 2.45) is 5.73 Å². The van der Waals surface area contributed by atoms with Crippen molar-refractivity contribution in [3.8, 4) is 0 Å². The van der Waals surface area contributed by atoms with Gasteiger partial charge in [-0.2, -0.15) is 0 Å². The average molecular weight is 518 g/mol. The smallest absolute Gasteiger partial charge is 0.411 e. The number of aliphatic hydroxyl groups is 1. The summed E-state index contributed by atoms with van der Waals surface area (Å²) >= 11 is 0. The number of ether oxygens (including phenoxy) is 1. The van der Waals surface area contributed by atoms with E-state index in [1.165, 1.54) is 4.90 Å². The highest BCUT2D eigenvalue weighted by Gasteiger charge is 2.49. The van der Waals surface area contributed by atoms with E-state index in [9.17, 15) is 23.5 Å². The highest BCUT2D eigenvalue weighted by Crippen LogP contribution is 2.28. The molecule has 2 aromatic carbocycles. The average Bonchev–Trinajstić information content (AvgIpc) is 2.79. The second kappa shape index (κ2) is 12.0. The van der Waals surface area contributed by atoms with Crippen LogP contribution < -0.4 is 5.73 Å². The van der Waals surface area contributed by atoms with Crippen LogP contribution in [0.15, 0.2) is 48.5 Å². The number of hydrogen-bond donors (Lipinski definition) is 2. The predicted molar refractivity (Wildman–Crippen MR) is 136 cm³/mol. The molecule has 7 nitrogen and oxygen atoms in total. The normalized spacial score (nSPS) is 20.1. The molecule has 37 heavy (non-hydrogen) atoms. The summed E-state index contributed by atoms with van der Waals surface area (Å²) in [5, 5.41) is 11.4. The predicted octanol–water partition coefficient (Wildman–Crippen LogP) is 4.01. The molecule has 3 N–H and O–H groups in total. The van der Waals surface area contributed by atoms with Crippen LogP contribution in [-0.2, 0) is 22.5 Å². The van der Waals surface area contributed by atoms with Crippen LogP contribution in [0.5, 0.6) is 0 Å². The first kappa shape index (κ1) is 28.5. The zero-order valence-electron chi connectivity index (χ0n) is 21.9. The van der Waals surface area contributed by atoms with Gasteiger partial charge in [0.15, 0.2) is 0 Å². The zero-order valence-corrected chi connectivity index (χ0v) is 21.9. The number of hydrogen-bond acceptors (Lipinski definition) is 5. The number of carbonyl (C=O) groups is 2. The molecule has 9 heteroatoms. The number of nitrogens with two attached hydrogens (primary N) is 1. The van der Waals surface area contributed by atoms with Gasteiger partial charge >= 0.3 is 6.09 Å². The summed E-state index contributed by atoms with van der Waals surface area (Å²) in [7, 11) is 0. The second-order valence-corrected chi connectivity index (χ2v) is 10.6. The van der Waals surface area contributed by atoms with Gasteiger partial charge in [0, 0.05) is 25.2 Å². The molecular formula is C28H37F2N3O4. The molecule has 0 spiro atoms. The molecule has 0 saturated carbocycles. The standard InChI is InChI=1S/C28H37F2N3O4/c1-5-9-22-17-32(16-18-10-7-6-8-11-18)26(35)24(33(22)27(36)37-28(2,3)4)25(34)23(31)14-19-12-20(29)15-21(30)13-19/h6-8,10-13,15,22-25,34H,5,9,14,16-17,31H2,1-4H3/t22-,23+,24?,25+/m1/s1. The highest BCUT2D eigenvalue weighted by molar-refractivity contribution is 5.88. The molecule has 4 atom stereocenters. The number of benzene rings is 2. The van der Waals surface area contributed by atoms with E-state index in [-0.39, 0.29) is 18.5 Å². The van der Waals surface area contributed by atoms with Crippen LogP contribution in [0, 0.1) is 11.6 Å². The maximum absolute atomic E-state index is 13.8. The Balaban J connectivity index is 1.96. The van der Waals surface area contributed by atoms with Gasteiger partial charge in [0.2, 0.25) is 5.91 Å². The van der Waals surface area contributed by atoms with Crippen LogP contribution in [0.25, 0.3) is 0 Å². The topological polar surface area (TPSA) is 96.1 Å². The first-order valence-corrected chi connectivity index (χ1v) is 12.6. The number of aliphatic hydroxyl groups excluding tert-OH is 1. The van der Waals surface area contributed by atoms with E-state index in [0.717, 1.165) is 30.2 Å². The Morgan fingerprint density at radius 3 is 2.32 bits per heavy atom. The zero-order chi connectivity index (χ0) is 27.3. The van der Waals surface area contributed by atoms with E-state index >= 15 is 0 Å². The van der Waals surface area contributed by atoms with E-state index in [2.05, 4.69) is 0 Å². The van der Waals surface area contributed by atoms with Gasteiger partial charge in [0.25, 0.3) is 0 Å². The first-order valence-electron chi connectivity index (χ1n) is 12.6. The van der Waals surface area contributed by atoms with Gasteiger partial charge in [0.1, 0.15) is 23.3 Å². The molecule has 202 valence electrons. The van der Waals surface area contributed by atoms with Crippen molar-refractivity contribution in [2.75, 3.05) is 6.54 Å². The fraction of sp³-hybridized carbons (Fsp3) is 0.500. The van der Waals surface area contributed by atoms with Crippen LogP contribution >= 0.6 is 0 Å². The molecule has 0 aromatic heterocycles. The summed E-state index contributed by atoms with van der Waals surface area (Å²) in [6, 6.07) is 9.62. The SMILES string of the molecule is CCC[C@@H]1CN(Cc2ccccc2)C(=O)C([C@@H](O)[C@@H](N)Cc2cc(F)cc(F)c2)N1C(=O)OC(C)(C)C. The van der Waals surface area contributed by atoms with E-state index in [1.807, 2.05) is 37.3 Å². The van der Waals surface area contributed by atoms with Crippen LogP contribution in [0.2, 0.25) is 0 Å². The molecule has 0 aliphatic carbocycles. The highest BCUT2D eigenvalue weighted by atomic mass is 19.1. The minimum Gasteiger partial charge on any atom is -0.444 e. The summed E-state index contributed by atoms with van der Waals surface area (Å²) in [4.78, 5) is 30.1. The number of nitrogens with zero attached hydrogens (tertiary/aromatic N) is 2. The van der Waals surface area contributed by atoms with Crippen LogP contribution in [-0.4, -0.2) is 63.3 Å². The quantitative estimate of drug-likeness (QED) is 0.552. The molecule has 0 bridgehead atoms. The molecule has 1 aliphatic rings. The molecular weight excluding hydrogens is 480 g/mol. The third kappa shape index (κ3) is 7.49. The van der Waals surface area contributed by atoms with E-state index in [1.54, 1.807) is 25.7 Å². The van der Waals surface area contributed by atoms with Gasteiger partial charge in [-0.15, -0.1) is 0 Å². The summed E-state index contributed by atoms with van der Waals surface area (Å²) in [5.41, 5.74) is 6.63. The molecule has 1 saturated heterocycles. The fourth-order valence-corrected chi connectivity index (χ4v) is 4.72. The molecule has 1 unspecified atom stereocenters.